The molecule has 17 heavy (non-hydrogen) atoms. The Bertz CT molecular complexity index is 329. The average molecular weight is 234 g/mol. The predicted octanol–water partition coefficient (Wildman–Crippen LogP) is 1.32. The highest BCUT2D eigenvalue weighted by Crippen LogP contribution is 2.21. The fraction of sp³-hybridized carbons (Fsp3) is 0.571. The van der Waals surface area contributed by atoms with Gasteiger partial charge in [0, 0.05) is 19.6 Å². The number of aryl methyl sites for hydroxylation is 1. The second-order valence-electron chi connectivity index (χ2n) is 4.75. The Hall–Kier alpha value is -0.900. The molecular formula is C14H22N2O. The van der Waals surface area contributed by atoms with Crippen LogP contribution in [0.25, 0.3) is 0 Å². The summed E-state index contributed by atoms with van der Waals surface area (Å²) in [6.07, 6.45) is 1.16. The summed E-state index contributed by atoms with van der Waals surface area (Å²) in [5.74, 6) is 0. The van der Waals surface area contributed by atoms with E-state index in [-0.39, 0.29) is 12.6 Å². The van der Waals surface area contributed by atoms with Crippen LogP contribution < -0.4 is 5.32 Å². The lowest BCUT2D eigenvalue weighted by molar-refractivity contribution is 0.130. The summed E-state index contributed by atoms with van der Waals surface area (Å²) in [4.78, 5) is 2.38. The molecule has 1 heterocycles. The highest BCUT2D eigenvalue weighted by molar-refractivity contribution is 5.24. The van der Waals surface area contributed by atoms with Crippen LogP contribution in [-0.2, 0) is 0 Å². The fourth-order valence-corrected chi connectivity index (χ4v) is 2.40. The first-order valence-electron chi connectivity index (χ1n) is 6.43. The Balaban J connectivity index is 2.11. The van der Waals surface area contributed by atoms with Gasteiger partial charge < -0.3 is 10.4 Å². The monoisotopic (exact) mass is 234 g/mol. The van der Waals surface area contributed by atoms with E-state index in [9.17, 15) is 5.11 Å². The highest BCUT2D eigenvalue weighted by Gasteiger charge is 2.20. The molecule has 1 unspecified atom stereocenters. The van der Waals surface area contributed by atoms with Gasteiger partial charge >= 0.3 is 0 Å². The largest absolute Gasteiger partial charge is 0.394 e. The van der Waals surface area contributed by atoms with Gasteiger partial charge in [0.1, 0.15) is 0 Å². The van der Waals surface area contributed by atoms with E-state index < -0.39 is 0 Å². The van der Waals surface area contributed by atoms with E-state index in [2.05, 4.69) is 41.4 Å². The zero-order valence-corrected chi connectivity index (χ0v) is 10.5. The summed E-state index contributed by atoms with van der Waals surface area (Å²) >= 11 is 0. The molecule has 0 bridgehead atoms. The average Bonchev–Trinajstić information content (AvgIpc) is 2.62. The molecule has 1 atom stereocenters. The van der Waals surface area contributed by atoms with Gasteiger partial charge in [-0.1, -0.05) is 29.8 Å². The fourth-order valence-electron chi connectivity index (χ4n) is 2.40. The molecule has 0 saturated carbocycles. The maximum Gasteiger partial charge on any atom is 0.0628 e. The van der Waals surface area contributed by atoms with Gasteiger partial charge in [-0.05, 0) is 25.5 Å². The third-order valence-corrected chi connectivity index (χ3v) is 3.45. The second kappa shape index (κ2) is 6.15. The first-order valence-corrected chi connectivity index (χ1v) is 6.43. The summed E-state index contributed by atoms with van der Waals surface area (Å²) in [6.45, 7) is 6.47. The summed E-state index contributed by atoms with van der Waals surface area (Å²) in [6, 6.07) is 8.65. The van der Waals surface area contributed by atoms with E-state index in [0.717, 1.165) is 32.6 Å². The number of hydrogen-bond donors (Lipinski definition) is 2. The van der Waals surface area contributed by atoms with E-state index >= 15 is 0 Å². The number of benzene rings is 1. The minimum Gasteiger partial charge on any atom is -0.394 e. The van der Waals surface area contributed by atoms with Crippen molar-refractivity contribution in [2.24, 2.45) is 0 Å². The third-order valence-electron chi connectivity index (χ3n) is 3.45. The van der Waals surface area contributed by atoms with Crippen LogP contribution in [0.1, 0.15) is 23.6 Å². The number of rotatable bonds is 3. The van der Waals surface area contributed by atoms with E-state index in [1.54, 1.807) is 0 Å². The summed E-state index contributed by atoms with van der Waals surface area (Å²) in [5, 5.41) is 13.0. The molecule has 0 aromatic heterocycles. The topological polar surface area (TPSA) is 35.5 Å². The van der Waals surface area contributed by atoms with Gasteiger partial charge in [0.05, 0.1) is 12.6 Å². The smallest absolute Gasteiger partial charge is 0.0628 e. The van der Waals surface area contributed by atoms with Crippen molar-refractivity contribution in [1.29, 1.82) is 0 Å². The molecule has 1 fully saturated rings. The van der Waals surface area contributed by atoms with Crippen LogP contribution in [0.15, 0.2) is 24.3 Å². The van der Waals surface area contributed by atoms with Crippen molar-refractivity contribution in [2.45, 2.75) is 19.4 Å². The van der Waals surface area contributed by atoms with Gasteiger partial charge in [-0.3, -0.25) is 4.90 Å². The van der Waals surface area contributed by atoms with Crippen LogP contribution in [0, 0.1) is 6.92 Å². The number of aliphatic hydroxyl groups is 1. The standard InChI is InChI=1S/C14H22N2O/c1-12-3-5-13(6-4-12)14(11-17)16-9-2-7-15-8-10-16/h3-6,14-15,17H,2,7-11H2,1H3. The van der Waals surface area contributed by atoms with Crippen LogP contribution in [0.5, 0.6) is 0 Å². The molecule has 1 aliphatic heterocycles. The molecule has 1 aliphatic rings. The molecule has 0 radical (unpaired) electrons. The Morgan fingerprint density at radius 3 is 2.71 bits per heavy atom. The van der Waals surface area contributed by atoms with Crippen LogP contribution in [0.3, 0.4) is 0 Å². The van der Waals surface area contributed by atoms with Crippen molar-refractivity contribution in [2.75, 3.05) is 32.8 Å². The van der Waals surface area contributed by atoms with Gasteiger partial charge in [0.15, 0.2) is 0 Å². The molecule has 1 aromatic rings. The van der Waals surface area contributed by atoms with Crippen molar-refractivity contribution < 1.29 is 5.11 Å². The maximum atomic E-state index is 9.63. The Labute approximate surface area is 103 Å². The number of nitrogens with one attached hydrogen (secondary N) is 1. The predicted molar refractivity (Wildman–Crippen MR) is 70.1 cm³/mol. The molecule has 94 valence electrons. The van der Waals surface area contributed by atoms with Gasteiger partial charge in [0.25, 0.3) is 0 Å². The molecule has 1 saturated heterocycles. The van der Waals surface area contributed by atoms with Gasteiger partial charge in [-0.15, -0.1) is 0 Å². The highest BCUT2D eigenvalue weighted by atomic mass is 16.3. The summed E-state index contributed by atoms with van der Waals surface area (Å²) < 4.78 is 0. The number of hydrogen-bond acceptors (Lipinski definition) is 3. The quantitative estimate of drug-likeness (QED) is 0.828. The number of nitrogens with zero attached hydrogens (tertiary/aromatic N) is 1. The van der Waals surface area contributed by atoms with Crippen molar-refractivity contribution in [3.05, 3.63) is 35.4 Å². The lowest BCUT2D eigenvalue weighted by Gasteiger charge is -2.29. The lowest BCUT2D eigenvalue weighted by Crippen LogP contribution is -2.34. The first kappa shape index (κ1) is 12.6. The second-order valence-corrected chi connectivity index (χ2v) is 4.75. The molecule has 0 aliphatic carbocycles. The van der Waals surface area contributed by atoms with Gasteiger partial charge in [0.2, 0.25) is 0 Å². The van der Waals surface area contributed by atoms with Crippen LogP contribution in [0.4, 0.5) is 0 Å². The van der Waals surface area contributed by atoms with Crippen LogP contribution >= 0.6 is 0 Å². The minimum absolute atomic E-state index is 0.149. The Morgan fingerprint density at radius 2 is 2.00 bits per heavy atom. The maximum absolute atomic E-state index is 9.63. The molecule has 1 aromatic carbocycles. The zero-order chi connectivity index (χ0) is 12.1. The molecule has 3 nitrogen and oxygen atoms in total. The molecular weight excluding hydrogens is 212 g/mol. The molecule has 0 spiro atoms. The van der Waals surface area contributed by atoms with Crippen LogP contribution in [0.2, 0.25) is 0 Å². The SMILES string of the molecule is Cc1ccc(C(CO)N2CCCNCC2)cc1. The normalized spacial score (nSPS) is 19.9. The Morgan fingerprint density at radius 1 is 1.24 bits per heavy atom. The van der Waals surface area contributed by atoms with E-state index in [0.29, 0.717) is 0 Å². The van der Waals surface area contributed by atoms with Crippen molar-refractivity contribution >= 4 is 0 Å². The first-order chi connectivity index (χ1) is 8.31. The minimum atomic E-state index is 0.149. The van der Waals surface area contributed by atoms with Crippen molar-refractivity contribution in [3.8, 4) is 0 Å². The zero-order valence-electron chi connectivity index (χ0n) is 10.5. The molecule has 2 N–H and O–H groups in total. The summed E-state index contributed by atoms with van der Waals surface area (Å²) in [5.41, 5.74) is 2.49. The molecule has 0 amide bonds. The number of aliphatic hydroxyl groups excluding tert-OH is 1. The lowest BCUT2D eigenvalue weighted by atomic mass is 10.0. The molecule has 2 rings (SSSR count). The third kappa shape index (κ3) is 3.28. The molecule has 3 heteroatoms. The van der Waals surface area contributed by atoms with Crippen LogP contribution in [-0.4, -0.2) is 42.8 Å². The van der Waals surface area contributed by atoms with E-state index in [4.69, 9.17) is 0 Å². The Kier molecular flexibility index (Phi) is 4.54. The van der Waals surface area contributed by atoms with Crippen molar-refractivity contribution in [1.82, 2.24) is 10.2 Å². The van der Waals surface area contributed by atoms with Crippen molar-refractivity contribution in [3.63, 3.8) is 0 Å². The van der Waals surface area contributed by atoms with E-state index in [1.807, 2.05) is 0 Å². The van der Waals surface area contributed by atoms with Gasteiger partial charge in [-0.25, -0.2) is 0 Å². The van der Waals surface area contributed by atoms with Gasteiger partial charge in [-0.2, -0.15) is 0 Å². The van der Waals surface area contributed by atoms with E-state index in [1.165, 1.54) is 11.1 Å². The summed E-state index contributed by atoms with van der Waals surface area (Å²) in [7, 11) is 0.